The largest absolute Gasteiger partial charge is 0.368 e. The van der Waals surface area contributed by atoms with E-state index in [-0.39, 0.29) is 0 Å². The predicted octanol–water partition coefficient (Wildman–Crippen LogP) is 1.07. The molecular formula is C11H16N6O. The molecule has 0 aliphatic heterocycles. The van der Waals surface area contributed by atoms with Gasteiger partial charge in [0.05, 0.1) is 0 Å². The first-order valence-corrected chi connectivity index (χ1v) is 5.57. The summed E-state index contributed by atoms with van der Waals surface area (Å²) < 4.78 is 0. The van der Waals surface area contributed by atoms with Crippen LogP contribution in [0, 0.1) is 0 Å². The molecule has 3 N–H and O–H groups in total. The number of aromatic nitrogens is 1. The van der Waals surface area contributed by atoms with E-state index >= 15 is 0 Å². The third-order valence-electron chi connectivity index (χ3n) is 2.73. The van der Waals surface area contributed by atoms with Gasteiger partial charge in [-0.3, -0.25) is 15.1 Å². The van der Waals surface area contributed by atoms with Crippen molar-refractivity contribution >= 4 is 5.91 Å². The highest BCUT2D eigenvalue weighted by molar-refractivity contribution is 5.85. The van der Waals surface area contributed by atoms with Gasteiger partial charge >= 0.3 is 0 Å². The normalized spacial score (nSPS) is 13.4. The van der Waals surface area contributed by atoms with Crippen molar-refractivity contribution < 1.29 is 4.79 Å². The molecule has 96 valence electrons. The zero-order valence-electron chi connectivity index (χ0n) is 10.2. The van der Waals surface area contributed by atoms with Crippen LogP contribution >= 0.6 is 0 Å². The van der Waals surface area contributed by atoms with Gasteiger partial charge in [0.2, 0.25) is 5.91 Å². The predicted molar refractivity (Wildman–Crippen MR) is 67.4 cm³/mol. The van der Waals surface area contributed by atoms with E-state index in [4.69, 9.17) is 11.3 Å². The second kappa shape index (κ2) is 6.58. The lowest BCUT2D eigenvalue weighted by atomic mass is 9.92. The molecule has 1 unspecified atom stereocenters. The SMILES string of the molecule is CC(NCCCN=[N+]=[N-])(C(N)=O)c1ccncc1. The lowest BCUT2D eigenvalue weighted by Gasteiger charge is -2.27. The third-order valence-corrected chi connectivity index (χ3v) is 2.73. The van der Waals surface area contributed by atoms with Gasteiger partial charge in [0, 0.05) is 23.9 Å². The number of carbonyl (C=O) groups is 1. The van der Waals surface area contributed by atoms with Crippen LogP contribution in [-0.2, 0) is 10.3 Å². The number of nitrogens with two attached hydrogens (primary N) is 1. The molecule has 0 saturated carbocycles. The minimum Gasteiger partial charge on any atom is -0.368 e. The number of nitrogens with one attached hydrogen (secondary N) is 1. The van der Waals surface area contributed by atoms with Crippen LogP contribution in [0.2, 0.25) is 0 Å². The van der Waals surface area contributed by atoms with Gasteiger partial charge in [0.25, 0.3) is 0 Å². The zero-order chi connectivity index (χ0) is 13.4. The van der Waals surface area contributed by atoms with Crippen LogP contribution in [0.4, 0.5) is 0 Å². The fourth-order valence-electron chi connectivity index (χ4n) is 1.55. The van der Waals surface area contributed by atoms with Crippen LogP contribution < -0.4 is 11.1 Å². The highest BCUT2D eigenvalue weighted by atomic mass is 16.1. The molecule has 7 nitrogen and oxygen atoms in total. The molecular weight excluding hydrogens is 232 g/mol. The fourth-order valence-corrected chi connectivity index (χ4v) is 1.55. The number of nitrogens with zero attached hydrogens (tertiary/aromatic N) is 4. The summed E-state index contributed by atoms with van der Waals surface area (Å²) in [5.41, 5.74) is 13.4. The van der Waals surface area contributed by atoms with Gasteiger partial charge < -0.3 is 5.73 Å². The zero-order valence-corrected chi connectivity index (χ0v) is 10.2. The van der Waals surface area contributed by atoms with Crippen molar-refractivity contribution in [3.8, 4) is 0 Å². The summed E-state index contributed by atoms with van der Waals surface area (Å²) in [6.07, 6.45) is 3.86. The Morgan fingerprint density at radius 3 is 2.83 bits per heavy atom. The van der Waals surface area contributed by atoms with Crippen LogP contribution in [0.25, 0.3) is 10.4 Å². The second-order valence-electron chi connectivity index (χ2n) is 3.96. The number of hydrogen-bond acceptors (Lipinski definition) is 4. The number of rotatable bonds is 7. The maximum Gasteiger partial charge on any atom is 0.242 e. The van der Waals surface area contributed by atoms with Crippen molar-refractivity contribution in [1.29, 1.82) is 0 Å². The Labute approximate surface area is 105 Å². The Morgan fingerprint density at radius 1 is 1.61 bits per heavy atom. The quantitative estimate of drug-likeness (QED) is 0.325. The number of pyridine rings is 1. The molecule has 1 amide bonds. The van der Waals surface area contributed by atoms with E-state index < -0.39 is 11.4 Å². The summed E-state index contributed by atoms with van der Waals surface area (Å²) in [6, 6.07) is 3.48. The standard InChI is InChI=1S/C11H16N6O/c1-11(10(12)18,9-3-7-14-8-4-9)15-5-2-6-16-17-13/h3-4,7-8,15H,2,5-6H2,1H3,(H2,12,18). The first-order valence-electron chi connectivity index (χ1n) is 5.57. The monoisotopic (exact) mass is 248 g/mol. The topological polar surface area (TPSA) is 117 Å². The third kappa shape index (κ3) is 3.44. The molecule has 1 aromatic rings. The van der Waals surface area contributed by atoms with Crippen LogP contribution in [0.15, 0.2) is 29.6 Å². The average molecular weight is 248 g/mol. The van der Waals surface area contributed by atoms with Crippen molar-refractivity contribution in [1.82, 2.24) is 10.3 Å². The van der Waals surface area contributed by atoms with Crippen LogP contribution in [0.5, 0.6) is 0 Å². The van der Waals surface area contributed by atoms with Crippen molar-refractivity contribution in [3.63, 3.8) is 0 Å². The van der Waals surface area contributed by atoms with E-state index in [0.717, 1.165) is 5.56 Å². The molecule has 18 heavy (non-hydrogen) atoms. The molecule has 0 aromatic carbocycles. The van der Waals surface area contributed by atoms with Crippen molar-refractivity contribution in [3.05, 3.63) is 40.5 Å². The van der Waals surface area contributed by atoms with Gasteiger partial charge in [-0.15, -0.1) is 0 Å². The molecule has 0 radical (unpaired) electrons. The average Bonchev–Trinajstić information content (AvgIpc) is 2.39. The van der Waals surface area contributed by atoms with Crippen LogP contribution in [-0.4, -0.2) is 24.0 Å². The number of azide groups is 1. The number of hydrogen-bond donors (Lipinski definition) is 2. The van der Waals surface area contributed by atoms with E-state index in [9.17, 15) is 4.79 Å². The van der Waals surface area contributed by atoms with E-state index in [1.165, 1.54) is 0 Å². The van der Waals surface area contributed by atoms with Crippen LogP contribution in [0.1, 0.15) is 18.9 Å². The highest BCUT2D eigenvalue weighted by Gasteiger charge is 2.32. The highest BCUT2D eigenvalue weighted by Crippen LogP contribution is 2.19. The van der Waals surface area contributed by atoms with Crippen molar-refractivity contribution in [2.45, 2.75) is 18.9 Å². The van der Waals surface area contributed by atoms with Crippen molar-refractivity contribution in [2.24, 2.45) is 10.8 Å². The number of amides is 1. The summed E-state index contributed by atoms with van der Waals surface area (Å²) in [5, 5.41) is 6.51. The summed E-state index contributed by atoms with van der Waals surface area (Å²) in [4.78, 5) is 18.2. The molecule has 1 atom stereocenters. The molecule has 0 aliphatic carbocycles. The summed E-state index contributed by atoms with van der Waals surface area (Å²) >= 11 is 0. The Kier molecular flexibility index (Phi) is 5.10. The lowest BCUT2D eigenvalue weighted by Crippen LogP contribution is -2.50. The molecule has 0 fully saturated rings. The van der Waals surface area contributed by atoms with Crippen LogP contribution in [0.3, 0.4) is 0 Å². The van der Waals surface area contributed by atoms with E-state index in [1.807, 2.05) is 0 Å². The molecule has 1 rings (SSSR count). The summed E-state index contributed by atoms with van der Waals surface area (Å²) in [7, 11) is 0. The van der Waals surface area contributed by atoms with Gasteiger partial charge in [0.15, 0.2) is 0 Å². The Balaban J connectivity index is 2.70. The Hall–Kier alpha value is -2.11. The molecule has 1 aromatic heterocycles. The Morgan fingerprint density at radius 2 is 2.28 bits per heavy atom. The molecule has 0 spiro atoms. The van der Waals surface area contributed by atoms with E-state index in [1.54, 1.807) is 31.5 Å². The number of primary amides is 1. The summed E-state index contributed by atoms with van der Waals surface area (Å²) in [6.45, 7) is 2.63. The number of carbonyl (C=O) groups excluding carboxylic acids is 1. The molecule has 7 heteroatoms. The second-order valence-corrected chi connectivity index (χ2v) is 3.96. The summed E-state index contributed by atoms with van der Waals surface area (Å²) in [5.74, 6) is -0.461. The Bertz CT molecular complexity index is 442. The van der Waals surface area contributed by atoms with Gasteiger partial charge in [-0.05, 0) is 43.1 Å². The molecule has 0 aliphatic rings. The molecule has 1 heterocycles. The first kappa shape index (κ1) is 14.0. The van der Waals surface area contributed by atoms with Crippen molar-refractivity contribution in [2.75, 3.05) is 13.1 Å². The lowest BCUT2D eigenvalue weighted by molar-refractivity contribution is -0.124. The minimum atomic E-state index is -0.945. The maximum atomic E-state index is 11.6. The minimum absolute atomic E-state index is 0.384. The smallest absolute Gasteiger partial charge is 0.242 e. The van der Waals surface area contributed by atoms with E-state index in [2.05, 4.69) is 20.3 Å². The maximum absolute atomic E-state index is 11.6. The molecule has 0 bridgehead atoms. The fraction of sp³-hybridized carbons (Fsp3) is 0.455. The molecule has 0 saturated heterocycles. The van der Waals surface area contributed by atoms with E-state index in [0.29, 0.717) is 19.5 Å². The van der Waals surface area contributed by atoms with Gasteiger partial charge in [-0.2, -0.15) is 0 Å². The van der Waals surface area contributed by atoms with Gasteiger partial charge in [-0.25, -0.2) is 0 Å². The van der Waals surface area contributed by atoms with Gasteiger partial charge in [0.1, 0.15) is 5.54 Å². The van der Waals surface area contributed by atoms with Gasteiger partial charge in [-0.1, -0.05) is 5.11 Å². The first-order chi connectivity index (χ1) is 8.61.